The van der Waals surface area contributed by atoms with E-state index in [1.54, 1.807) is 0 Å². The number of nitrogens with zero attached hydrogens (tertiary/aromatic N) is 1. The van der Waals surface area contributed by atoms with Crippen LogP contribution in [-0.4, -0.2) is 28.4 Å². The van der Waals surface area contributed by atoms with Crippen LogP contribution in [0.25, 0.3) is 0 Å². The molecule has 1 heterocycles. The van der Waals surface area contributed by atoms with Crippen molar-refractivity contribution in [1.29, 1.82) is 0 Å². The summed E-state index contributed by atoms with van der Waals surface area (Å²) in [5.74, 6) is 0.675. The molecule has 6 nitrogen and oxygen atoms in total. The van der Waals surface area contributed by atoms with E-state index in [4.69, 9.17) is 0 Å². The van der Waals surface area contributed by atoms with Crippen LogP contribution >= 0.6 is 0 Å². The normalized spacial score (nSPS) is 31.4. The van der Waals surface area contributed by atoms with Crippen LogP contribution in [0.5, 0.6) is 0 Å². The van der Waals surface area contributed by atoms with Crippen LogP contribution in [0.15, 0.2) is 0 Å². The first kappa shape index (κ1) is 17.2. The molecule has 0 atom stereocenters. The number of carbonyl (C=O) groups excluding carboxylic acids is 3. The lowest BCUT2D eigenvalue weighted by atomic mass is 9.77. The molecule has 1 spiro atoms. The molecule has 134 valence electrons. The van der Waals surface area contributed by atoms with Crippen LogP contribution in [0.4, 0.5) is 4.79 Å². The summed E-state index contributed by atoms with van der Waals surface area (Å²) in [4.78, 5) is 37.0. The minimum absolute atomic E-state index is 0.231. The van der Waals surface area contributed by atoms with Gasteiger partial charge in [-0.25, -0.2) is 4.79 Å². The average Bonchev–Trinajstić information content (AvgIpc) is 2.81. The van der Waals surface area contributed by atoms with Crippen molar-refractivity contribution < 1.29 is 14.4 Å². The van der Waals surface area contributed by atoms with Crippen molar-refractivity contribution in [2.24, 2.45) is 11.8 Å². The van der Waals surface area contributed by atoms with Crippen molar-refractivity contribution in [3.63, 3.8) is 0 Å². The van der Waals surface area contributed by atoms with Gasteiger partial charge in [0, 0.05) is 6.42 Å². The third-order valence-electron chi connectivity index (χ3n) is 6.03. The molecule has 3 rings (SSSR count). The predicted molar refractivity (Wildman–Crippen MR) is 89.7 cm³/mol. The first-order chi connectivity index (χ1) is 11.5. The summed E-state index contributed by atoms with van der Waals surface area (Å²) in [5.41, 5.74) is 1.74. The van der Waals surface area contributed by atoms with E-state index in [1.807, 2.05) is 0 Å². The van der Waals surface area contributed by atoms with Crippen LogP contribution in [0.3, 0.4) is 0 Å². The molecule has 0 aromatic rings. The number of urea groups is 1. The number of amides is 4. The Morgan fingerprint density at radius 3 is 2.50 bits per heavy atom. The Kier molecular flexibility index (Phi) is 5.11. The molecule has 0 radical (unpaired) electrons. The highest BCUT2D eigenvalue weighted by Gasteiger charge is 2.52. The van der Waals surface area contributed by atoms with E-state index in [9.17, 15) is 14.4 Å². The Balaban J connectivity index is 1.51. The van der Waals surface area contributed by atoms with Gasteiger partial charge < -0.3 is 5.32 Å². The molecule has 0 aromatic heterocycles. The van der Waals surface area contributed by atoms with Crippen molar-refractivity contribution in [3.8, 4) is 0 Å². The highest BCUT2D eigenvalue weighted by molar-refractivity contribution is 6.08. The van der Waals surface area contributed by atoms with Crippen LogP contribution < -0.4 is 10.7 Å². The first-order valence-electron chi connectivity index (χ1n) is 9.46. The van der Waals surface area contributed by atoms with Crippen molar-refractivity contribution in [2.45, 2.75) is 83.1 Å². The molecule has 2 N–H and O–H groups in total. The lowest BCUT2D eigenvalue weighted by Crippen LogP contribution is -2.51. The number of nitrogens with one attached hydrogen (secondary N) is 2. The molecule has 2 saturated carbocycles. The van der Waals surface area contributed by atoms with E-state index in [2.05, 4.69) is 17.7 Å². The topological polar surface area (TPSA) is 78.5 Å². The Bertz CT molecular complexity index is 506. The summed E-state index contributed by atoms with van der Waals surface area (Å²) in [7, 11) is 0. The minimum atomic E-state index is -0.791. The molecule has 3 aliphatic rings. The third-order valence-corrected chi connectivity index (χ3v) is 6.03. The SMILES string of the molecule is CC1CCC2(CC1)NC(=O)N(NC(=O)CCC1CCCCC1)C2=O. The molecular formula is C18H29N3O3. The van der Waals surface area contributed by atoms with Gasteiger partial charge in [-0.1, -0.05) is 39.0 Å². The lowest BCUT2D eigenvalue weighted by Gasteiger charge is -2.33. The highest BCUT2D eigenvalue weighted by atomic mass is 16.2. The second-order valence-corrected chi connectivity index (χ2v) is 7.91. The first-order valence-corrected chi connectivity index (χ1v) is 9.46. The number of imide groups is 1. The molecule has 6 heteroatoms. The average molecular weight is 335 g/mol. The Labute approximate surface area is 143 Å². The number of carbonyl (C=O) groups is 3. The zero-order valence-electron chi connectivity index (χ0n) is 14.6. The molecule has 4 amide bonds. The van der Waals surface area contributed by atoms with Crippen LogP contribution in [0.1, 0.15) is 77.6 Å². The molecule has 1 aliphatic heterocycles. The van der Waals surface area contributed by atoms with Gasteiger partial charge in [-0.3, -0.25) is 15.0 Å². The zero-order valence-corrected chi connectivity index (χ0v) is 14.6. The Hall–Kier alpha value is -1.59. The zero-order chi connectivity index (χ0) is 17.2. The largest absolute Gasteiger partial charge is 0.344 e. The van der Waals surface area contributed by atoms with Crippen molar-refractivity contribution >= 4 is 17.8 Å². The third kappa shape index (κ3) is 3.57. The standard InChI is InChI=1S/C18H29N3O3/c1-13-9-11-18(12-10-13)16(23)21(17(24)19-18)20-15(22)8-7-14-5-3-2-4-6-14/h13-14H,2-12H2,1H3,(H,19,24)(H,20,22). The fourth-order valence-corrected chi connectivity index (χ4v) is 4.31. The summed E-state index contributed by atoms with van der Waals surface area (Å²) in [6, 6.07) is -0.486. The van der Waals surface area contributed by atoms with Gasteiger partial charge >= 0.3 is 6.03 Å². The molecular weight excluding hydrogens is 306 g/mol. The van der Waals surface area contributed by atoms with E-state index in [-0.39, 0.29) is 11.8 Å². The fourth-order valence-electron chi connectivity index (χ4n) is 4.31. The number of hydrogen-bond acceptors (Lipinski definition) is 3. The Morgan fingerprint density at radius 1 is 1.17 bits per heavy atom. The van der Waals surface area contributed by atoms with Gasteiger partial charge in [0.25, 0.3) is 5.91 Å². The van der Waals surface area contributed by atoms with Gasteiger partial charge in [-0.15, -0.1) is 0 Å². The maximum absolute atomic E-state index is 12.7. The number of rotatable bonds is 4. The van der Waals surface area contributed by atoms with Crippen molar-refractivity contribution in [2.75, 3.05) is 0 Å². The number of hydrogen-bond donors (Lipinski definition) is 2. The van der Waals surface area contributed by atoms with E-state index in [1.165, 1.54) is 32.1 Å². The summed E-state index contributed by atoms with van der Waals surface area (Å²) in [6.07, 6.45) is 10.6. The van der Waals surface area contributed by atoms with Gasteiger partial charge in [0.2, 0.25) is 5.91 Å². The van der Waals surface area contributed by atoms with Crippen LogP contribution in [0.2, 0.25) is 0 Å². The maximum atomic E-state index is 12.7. The maximum Gasteiger partial charge on any atom is 0.344 e. The summed E-state index contributed by atoms with van der Waals surface area (Å²) in [6.45, 7) is 2.17. The van der Waals surface area contributed by atoms with Crippen molar-refractivity contribution in [3.05, 3.63) is 0 Å². The van der Waals surface area contributed by atoms with Gasteiger partial charge in [-0.05, 0) is 43.9 Å². The van der Waals surface area contributed by atoms with Gasteiger partial charge in [0.05, 0.1) is 0 Å². The van der Waals surface area contributed by atoms with E-state index in [0.717, 1.165) is 24.3 Å². The van der Waals surface area contributed by atoms with E-state index >= 15 is 0 Å². The summed E-state index contributed by atoms with van der Waals surface area (Å²) >= 11 is 0. The summed E-state index contributed by atoms with van der Waals surface area (Å²) < 4.78 is 0. The van der Waals surface area contributed by atoms with Crippen molar-refractivity contribution in [1.82, 2.24) is 15.8 Å². The van der Waals surface area contributed by atoms with Gasteiger partial charge in [0.15, 0.2) is 0 Å². The van der Waals surface area contributed by atoms with Crippen LogP contribution in [0, 0.1) is 11.8 Å². The smallest absolute Gasteiger partial charge is 0.322 e. The molecule has 2 aliphatic carbocycles. The fraction of sp³-hybridized carbons (Fsp3) is 0.833. The van der Waals surface area contributed by atoms with Gasteiger partial charge in [0.1, 0.15) is 5.54 Å². The molecule has 0 aromatic carbocycles. The predicted octanol–water partition coefficient (Wildman–Crippen LogP) is 2.88. The quantitative estimate of drug-likeness (QED) is 0.775. The van der Waals surface area contributed by atoms with Gasteiger partial charge in [-0.2, -0.15) is 5.01 Å². The second kappa shape index (κ2) is 7.11. The molecule has 24 heavy (non-hydrogen) atoms. The minimum Gasteiger partial charge on any atom is -0.322 e. The second-order valence-electron chi connectivity index (χ2n) is 7.91. The monoisotopic (exact) mass is 335 g/mol. The molecule has 0 unspecified atom stereocenters. The van der Waals surface area contributed by atoms with E-state index < -0.39 is 11.6 Å². The Morgan fingerprint density at radius 2 is 1.83 bits per heavy atom. The van der Waals surface area contributed by atoms with E-state index in [0.29, 0.717) is 31.1 Å². The van der Waals surface area contributed by atoms with Crippen LogP contribution in [-0.2, 0) is 9.59 Å². The number of hydrazine groups is 1. The molecule has 0 bridgehead atoms. The lowest BCUT2D eigenvalue weighted by molar-refractivity contribution is -0.140. The molecule has 3 fully saturated rings. The highest BCUT2D eigenvalue weighted by Crippen LogP contribution is 2.35. The molecule has 1 saturated heterocycles. The summed E-state index contributed by atoms with van der Waals surface area (Å²) in [5, 5.41) is 3.74.